The number of aromatic nitrogens is 2. The van der Waals surface area contributed by atoms with E-state index in [-0.39, 0.29) is 5.91 Å². The van der Waals surface area contributed by atoms with Crippen molar-refractivity contribution in [3.05, 3.63) is 58.9 Å². The van der Waals surface area contributed by atoms with E-state index >= 15 is 0 Å². The summed E-state index contributed by atoms with van der Waals surface area (Å²) in [6.45, 7) is 1.73. The van der Waals surface area contributed by atoms with E-state index in [4.69, 9.17) is 4.74 Å². The van der Waals surface area contributed by atoms with Crippen molar-refractivity contribution in [1.29, 1.82) is 0 Å². The largest absolute Gasteiger partial charge is 0.376 e. The number of benzene rings is 1. The third kappa shape index (κ3) is 3.26. The van der Waals surface area contributed by atoms with Crippen LogP contribution in [0.15, 0.2) is 36.4 Å². The van der Waals surface area contributed by atoms with Gasteiger partial charge in [0.05, 0.1) is 25.5 Å². The molecular weight excluding hydrogens is 278 g/mol. The van der Waals surface area contributed by atoms with Gasteiger partial charge >= 0.3 is 0 Å². The quantitative estimate of drug-likeness (QED) is 0.876. The van der Waals surface area contributed by atoms with Crippen LogP contribution in [0.1, 0.15) is 22.5 Å². The van der Waals surface area contributed by atoms with Crippen molar-refractivity contribution in [3.63, 3.8) is 0 Å². The maximum absolute atomic E-state index is 11.9. The first-order valence-electron chi connectivity index (χ1n) is 7.36. The van der Waals surface area contributed by atoms with Crippen molar-refractivity contribution >= 4 is 12.0 Å². The van der Waals surface area contributed by atoms with E-state index < -0.39 is 0 Å². The zero-order chi connectivity index (χ0) is 15.4. The topological polar surface area (TPSA) is 56.2 Å². The Morgan fingerprint density at radius 3 is 3.05 bits per heavy atom. The molecule has 1 aromatic carbocycles. The van der Waals surface area contributed by atoms with Crippen molar-refractivity contribution in [2.75, 3.05) is 6.61 Å². The van der Waals surface area contributed by atoms with Gasteiger partial charge in [0.25, 0.3) is 0 Å². The average molecular weight is 297 g/mol. The predicted octanol–water partition coefficient (Wildman–Crippen LogP) is 1.82. The molecule has 0 bridgehead atoms. The van der Waals surface area contributed by atoms with Gasteiger partial charge in [-0.3, -0.25) is 9.48 Å². The van der Waals surface area contributed by atoms with Crippen molar-refractivity contribution in [1.82, 2.24) is 15.1 Å². The maximum Gasteiger partial charge on any atom is 0.244 e. The number of ether oxygens (including phenoxy) is 1. The molecule has 0 atom stereocenters. The molecule has 0 saturated heterocycles. The molecular formula is C17H19N3O2. The molecule has 0 spiro atoms. The number of fused-ring (bicyclic) bond motifs is 1. The number of hydrogen-bond donors (Lipinski definition) is 1. The van der Waals surface area contributed by atoms with Crippen molar-refractivity contribution < 1.29 is 9.53 Å². The van der Waals surface area contributed by atoms with E-state index in [9.17, 15) is 4.79 Å². The molecule has 2 heterocycles. The first kappa shape index (κ1) is 14.5. The second-order valence-electron chi connectivity index (χ2n) is 5.26. The fourth-order valence-electron chi connectivity index (χ4n) is 2.59. The van der Waals surface area contributed by atoms with Gasteiger partial charge in [-0.25, -0.2) is 0 Å². The van der Waals surface area contributed by atoms with Crippen LogP contribution in [-0.2, 0) is 36.2 Å². The monoisotopic (exact) mass is 297 g/mol. The molecule has 1 aromatic heterocycles. The highest BCUT2D eigenvalue weighted by Crippen LogP contribution is 2.19. The van der Waals surface area contributed by atoms with E-state index in [0.717, 1.165) is 29.8 Å². The van der Waals surface area contributed by atoms with Crippen LogP contribution in [0, 0.1) is 0 Å². The van der Waals surface area contributed by atoms with Gasteiger partial charge in [-0.05, 0) is 11.6 Å². The predicted molar refractivity (Wildman–Crippen MR) is 83.9 cm³/mol. The van der Waals surface area contributed by atoms with Crippen molar-refractivity contribution in [2.45, 2.75) is 19.6 Å². The lowest BCUT2D eigenvalue weighted by atomic mass is 10.1. The summed E-state index contributed by atoms with van der Waals surface area (Å²) in [4.78, 5) is 11.9. The lowest BCUT2D eigenvalue weighted by Gasteiger charge is -2.13. The van der Waals surface area contributed by atoms with Gasteiger partial charge in [-0.2, -0.15) is 5.10 Å². The maximum atomic E-state index is 11.9. The van der Waals surface area contributed by atoms with Crippen molar-refractivity contribution in [2.24, 2.45) is 7.05 Å². The first-order chi connectivity index (χ1) is 10.7. The van der Waals surface area contributed by atoms with Gasteiger partial charge in [0.1, 0.15) is 0 Å². The van der Waals surface area contributed by atoms with E-state index in [1.807, 2.05) is 42.1 Å². The number of hydrogen-bond acceptors (Lipinski definition) is 3. The molecule has 5 heteroatoms. The summed E-state index contributed by atoms with van der Waals surface area (Å²) in [6.07, 6.45) is 4.22. The Labute approximate surface area is 129 Å². The third-order valence-corrected chi connectivity index (χ3v) is 3.74. The summed E-state index contributed by atoms with van der Waals surface area (Å²) in [5.74, 6) is -0.125. The smallest absolute Gasteiger partial charge is 0.244 e. The summed E-state index contributed by atoms with van der Waals surface area (Å²) < 4.78 is 7.37. The summed E-state index contributed by atoms with van der Waals surface area (Å²) in [5, 5.41) is 7.36. The van der Waals surface area contributed by atoms with Gasteiger partial charge in [-0.1, -0.05) is 30.3 Å². The summed E-state index contributed by atoms with van der Waals surface area (Å²) in [6, 6.07) is 9.74. The molecule has 2 aromatic rings. The van der Waals surface area contributed by atoms with E-state index in [1.165, 1.54) is 5.69 Å². The van der Waals surface area contributed by atoms with Gasteiger partial charge in [0.15, 0.2) is 0 Å². The molecule has 5 nitrogen and oxygen atoms in total. The Kier molecular flexibility index (Phi) is 4.34. The molecule has 0 aliphatic carbocycles. The minimum atomic E-state index is -0.125. The van der Waals surface area contributed by atoms with Gasteiger partial charge < -0.3 is 10.1 Å². The lowest BCUT2D eigenvalue weighted by molar-refractivity contribution is -0.116. The molecule has 114 valence electrons. The molecule has 0 saturated carbocycles. The molecule has 0 unspecified atom stereocenters. The molecule has 3 rings (SSSR count). The van der Waals surface area contributed by atoms with Crippen molar-refractivity contribution in [3.8, 4) is 0 Å². The lowest BCUT2D eigenvalue weighted by Crippen LogP contribution is -2.21. The molecule has 1 N–H and O–H groups in total. The Morgan fingerprint density at radius 2 is 2.23 bits per heavy atom. The normalized spacial score (nSPS) is 14.0. The Morgan fingerprint density at radius 1 is 1.41 bits per heavy atom. The van der Waals surface area contributed by atoms with Gasteiger partial charge in [-0.15, -0.1) is 0 Å². The number of rotatable bonds is 4. The average Bonchev–Trinajstić information content (AvgIpc) is 2.89. The van der Waals surface area contributed by atoms with E-state index in [2.05, 4.69) is 10.4 Å². The fraction of sp³-hybridized carbons (Fsp3) is 0.294. The molecule has 1 aliphatic heterocycles. The second kappa shape index (κ2) is 6.58. The highest BCUT2D eigenvalue weighted by molar-refractivity contribution is 5.91. The molecule has 1 amide bonds. The number of carbonyl (C=O) groups is 1. The van der Waals surface area contributed by atoms with E-state index in [0.29, 0.717) is 13.2 Å². The highest BCUT2D eigenvalue weighted by Gasteiger charge is 2.19. The van der Waals surface area contributed by atoms with Crippen LogP contribution in [0.25, 0.3) is 6.08 Å². The Bertz CT molecular complexity index is 689. The third-order valence-electron chi connectivity index (χ3n) is 3.74. The number of nitrogens with one attached hydrogen (secondary N) is 1. The minimum Gasteiger partial charge on any atom is -0.376 e. The highest BCUT2D eigenvalue weighted by atomic mass is 16.5. The summed E-state index contributed by atoms with van der Waals surface area (Å²) in [5.41, 5.74) is 4.20. The van der Waals surface area contributed by atoms with Crippen LogP contribution in [0.4, 0.5) is 0 Å². The fourth-order valence-corrected chi connectivity index (χ4v) is 2.59. The van der Waals surface area contributed by atoms with Gasteiger partial charge in [0.2, 0.25) is 5.91 Å². The molecule has 0 radical (unpaired) electrons. The SMILES string of the molecule is Cn1nc(CNC(=O)C=Cc2ccccc2)c2c1CCOC2. The van der Waals surface area contributed by atoms with E-state index in [1.54, 1.807) is 12.2 Å². The zero-order valence-corrected chi connectivity index (χ0v) is 12.6. The number of amides is 1. The van der Waals surface area contributed by atoms with Crippen LogP contribution in [0.5, 0.6) is 0 Å². The first-order valence-corrected chi connectivity index (χ1v) is 7.36. The molecule has 0 fully saturated rings. The minimum absolute atomic E-state index is 0.125. The Hall–Kier alpha value is -2.40. The van der Waals surface area contributed by atoms with Gasteiger partial charge in [0, 0.05) is 30.8 Å². The number of aryl methyl sites for hydroxylation is 1. The molecule has 22 heavy (non-hydrogen) atoms. The van der Waals surface area contributed by atoms with Crippen LogP contribution in [-0.4, -0.2) is 22.3 Å². The van der Waals surface area contributed by atoms with Crippen LogP contribution >= 0.6 is 0 Å². The van der Waals surface area contributed by atoms with Crippen LogP contribution in [0.3, 0.4) is 0 Å². The Balaban J connectivity index is 1.61. The summed E-state index contributed by atoms with van der Waals surface area (Å²) >= 11 is 0. The molecule has 1 aliphatic rings. The standard InChI is InChI=1S/C17H19N3O2/c1-20-16-9-10-22-12-14(16)15(19-20)11-18-17(21)8-7-13-5-3-2-4-6-13/h2-8H,9-12H2,1H3,(H,18,21). The van der Waals surface area contributed by atoms with Crippen LogP contribution < -0.4 is 5.32 Å². The summed E-state index contributed by atoms with van der Waals surface area (Å²) in [7, 11) is 1.94. The number of nitrogens with zero attached hydrogens (tertiary/aromatic N) is 2. The number of carbonyl (C=O) groups excluding carboxylic acids is 1. The van der Waals surface area contributed by atoms with Crippen LogP contribution in [0.2, 0.25) is 0 Å². The zero-order valence-electron chi connectivity index (χ0n) is 12.6. The second-order valence-corrected chi connectivity index (χ2v) is 5.26.